The van der Waals surface area contributed by atoms with Gasteiger partial charge in [-0.3, -0.25) is 18.8 Å². The second-order valence-corrected chi connectivity index (χ2v) is 8.63. The molecule has 0 radical (unpaired) electrons. The molecule has 0 saturated heterocycles. The zero-order valence-corrected chi connectivity index (χ0v) is 16.8. The average Bonchev–Trinajstić information content (AvgIpc) is 2.57. The third-order valence-electron chi connectivity index (χ3n) is 3.97. The molecule has 12 nitrogen and oxygen atoms in total. The Kier molecular flexibility index (Phi) is 6.13. The molecule has 1 aliphatic heterocycles. The fraction of sp³-hybridized carbons (Fsp3) is 0.267. The summed E-state index contributed by atoms with van der Waals surface area (Å²) in [7, 11) is -9.34. The van der Waals surface area contributed by atoms with Crippen LogP contribution < -0.4 is 5.73 Å². The molecular weight excluding hydrogens is 428 g/mol. The molecule has 1 heterocycles. The molecule has 1 unspecified atom stereocenters. The number of hydrogen-bond acceptors (Lipinski definition) is 9. The lowest BCUT2D eigenvalue weighted by Crippen LogP contribution is -2.39. The summed E-state index contributed by atoms with van der Waals surface area (Å²) in [5.41, 5.74) is 4.70. The molecule has 5 N–H and O–H groups in total. The minimum absolute atomic E-state index is 0.0617. The number of hydrogen-bond donors (Lipinski definition) is 4. The summed E-state index contributed by atoms with van der Waals surface area (Å²) in [6, 6.07) is 3.32. The predicted molar refractivity (Wildman–Crippen MR) is 101 cm³/mol. The largest absolute Gasteiger partial charge is 0.493 e. The zero-order chi connectivity index (χ0) is 22.1. The molecule has 29 heavy (non-hydrogen) atoms. The van der Waals surface area contributed by atoms with Gasteiger partial charge in [-0.15, -0.1) is 10.2 Å². The number of aliphatic hydroxyl groups is 1. The van der Waals surface area contributed by atoms with Crippen molar-refractivity contribution in [3.63, 3.8) is 0 Å². The zero-order valence-electron chi connectivity index (χ0n) is 15.2. The number of azo groups is 1. The Bertz CT molecular complexity index is 1150. The molecule has 1 atom stereocenters. The van der Waals surface area contributed by atoms with Gasteiger partial charge < -0.3 is 10.8 Å². The van der Waals surface area contributed by atoms with Crippen LogP contribution in [0.2, 0.25) is 0 Å². The normalized spacial score (nSPS) is 20.1. The van der Waals surface area contributed by atoms with Crippen LogP contribution in [0.25, 0.3) is 0 Å². The van der Waals surface area contributed by atoms with Crippen LogP contribution in [0.4, 0.5) is 11.4 Å². The number of rotatable bonds is 5. The number of nitrogen functional groups attached to an aromatic ring is 1. The van der Waals surface area contributed by atoms with Gasteiger partial charge in [0.15, 0.2) is 0 Å². The molecule has 0 saturated carbocycles. The van der Waals surface area contributed by atoms with Crippen molar-refractivity contribution in [2.75, 3.05) is 12.3 Å². The van der Waals surface area contributed by atoms with E-state index < -0.39 is 42.8 Å². The first-order valence-corrected chi connectivity index (χ1v) is 10.9. The Labute approximate surface area is 166 Å². The van der Waals surface area contributed by atoms with Crippen molar-refractivity contribution in [2.45, 2.75) is 18.7 Å². The minimum atomic E-state index is -4.68. The van der Waals surface area contributed by atoms with Crippen LogP contribution in [-0.2, 0) is 25.0 Å². The summed E-state index contributed by atoms with van der Waals surface area (Å²) in [5, 5.41) is 18.1. The van der Waals surface area contributed by atoms with Crippen LogP contribution in [0.15, 0.2) is 55.9 Å². The molecule has 0 aliphatic carbocycles. The minimum Gasteiger partial charge on any atom is -0.493 e. The van der Waals surface area contributed by atoms with Crippen molar-refractivity contribution in [1.29, 1.82) is 0 Å². The summed E-state index contributed by atoms with van der Waals surface area (Å²) in [6.07, 6.45) is 0. The van der Waals surface area contributed by atoms with Gasteiger partial charge in [-0.25, -0.2) is 0 Å². The van der Waals surface area contributed by atoms with E-state index in [0.717, 1.165) is 17.0 Å². The average molecular weight is 446 g/mol. The summed E-state index contributed by atoms with van der Waals surface area (Å²) in [4.78, 5) is 12.6. The number of nitrogens with two attached hydrogens (primary N) is 1. The number of likely N-dealkylation sites (N-methyl/N-ethyl adjacent to an activating group) is 1. The first-order valence-electron chi connectivity index (χ1n) is 7.99. The van der Waals surface area contributed by atoms with Crippen LogP contribution in [-0.4, -0.2) is 48.4 Å². The van der Waals surface area contributed by atoms with E-state index in [1.807, 2.05) is 0 Å². The molecule has 1 aliphatic rings. The van der Waals surface area contributed by atoms with Crippen molar-refractivity contribution in [2.24, 2.45) is 16.1 Å². The maximum Gasteiger partial charge on any atom is 0.296 e. The van der Waals surface area contributed by atoms with Crippen LogP contribution in [0, 0.1) is 5.92 Å². The number of anilines is 1. The monoisotopic (exact) mass is 446 g/mol. The van der Waals surface area contributed by atoms with Crippen molar-refractivity contribution >= 4 is 37.5 Å². The number of nitrogens with zero attached hydrogens (tertiary/aromatic N) is 3. The van der Waals surface area contributed by atoms with E-state index in [-0.39, 0.29) is 29.2 Å². The SMILES string of the molecule is CCN1C(=O)C(=CS(=O)(=O)O)C(C)C(N=Nc2cc(N)ccc2S(=O)(=O)O)=C1O. The lowest BCUT2D eigenvalue weighted by Gasteiger charge is -2.30. The van der Waals surface area contributed by atoms with Gasteiger partial charge >= 0.3 is 0 Å². The Hall–Kier alpha value is -2.81. The van der Waals surface area contributed by atoms with Crippen LogP contribution >= 0.6 is 0 Å². The van der Waals surface area contributed by atoms with Gasteiger partial charge in [-0.05, 0) is 25.1 Å². The van der Waals surface area contributed by atoms with E-state index in [9.17, 15) is 31.3 Å². The van der Waals surface area contributed by atoms with Crippen molar-refractivity contribution < 1.29 is 35.8 Å². The van der Waals surface area contributed by atoms with Gasteiger partial charge in [0.1, 0.15) is 16.3 Å². The standard InChI is InChI=1S/C15H18N4O8S2/c1-3-19-14(20)10(7-28(22,23)24)8(2)13(15(19)21)18-17-11-6-9(16)4-5-12(11)29(25,26)27/h4-8,21H,3,16H2,1-2H3,(H,22,23,24)(H,25,26,27). The molecule has 1 aromatic carbocycles. The molecule has 0 bridgehead atoms. The lowest BCUT2D eigenvalue weighted by atomic mass is 9.94. The molecule has 158 valence electrons. The van der Waals surface area contributed by atoms with E-state index in [0.29, 0.717) is 5.41 Å². The highest BCUT2D eigenvalue weighted by atomic mass is 32.2. The number of carbonyl (C=O) groups is 1. The first kappa shape index (κ1) is 22.5. The topological polar surface area (TPSA) is 200 Å². The van der Waals surface area contributed by atoms with Crippen LogP contribution in [0.1, 0.15) is 13.8 Å². The third-order valence-corrected chi connectivity index (χ3v) is 5.42. The highest BCUT2D eigenvalue weighted by Gasteiger charge is 2.36. The van der Waals surface area contributed by atoms with Gasteiger partial charge in [-0.2, -0.15) is 16.8 Å². The molecule has 0 spiro atoms. The fourth-order valence-corrected chi connectivity index (χ4v) is 3.82. The molecular formula is C15H18N4O8S2. The quantitative estimate of drug-likeness (QED) is 0.224. The summed E-state index contributed by atoms with van der Waals surface area (Å²) in [5.74, 6) is -2.61. The summed E-state index contributed by atoms with van der Waals surface area (Å²) < 4.78 is 63.8. The van der Waals surface area contributed by atoms with Gasteiger partial charge in [-0.1, -0.05) is 6.92 Å². The Morgan fingerprint density at radius 1 is 1.21 bits per heavy atom. The molecule has 1 aromatic rings. The third kappa shape index (κ3) is 4.97. The van der Waals surface area contributed by atoms with Crippen LogP contribution in [0.5, 0.6) is 0 Å². The Morgan fingerprint density at radius 2 is 1.83 bits per heavy atom. The molecule has 14 heteroatoms. The number of allylic oxidation sites excluding steroid dienone is 1. The molecule has 1 amide bonds. The smallest absolute Gasteiger partial charge is 0.296 e. The second-order valence-electron chi connectivity index (χ2n) is 5.97. The fourth-order valence-electron chi connectivity index (χ4n) is 2.59. The van der Waals surface area contributed by atoms with Crippen molar-refractivity contribution in [3.05, 3.63) is 40.8 Å². The molecule has 0 fully saturated rings. The highest BCUT2D eigenvalue weighted by Crippen LogP contribution is 2.35. The number of aliphatic hydroxyl groups excluding tert-OH is 1. The Balaban J connectivity index is 2.65. The lowest BCUT2D eigenvalue weighted by molar-refractivity contribution is -0.128. The van der Waals surface area contributed by atoms with Crippen LogP contribution in [0.3, 0.4) is 0 Å². The summed E-state index contributed by atoms with van der Waals surface area (Å²) >= 11 is 0. The van der Waals surface area contributed by atoms with E-state index in [4.69, 9.17) is 10.3 Å². The van der Waals surface area contributed by atoms with Crippen molar-refractivity contribution in [3.8, 4) is 0 Å². The molecule has 0 aromatic heterocycles. The maximum atomic E-state index is 12.4. The maximum absolute atomic E-state index is 12.4. The number of carbonyl (C=O) groups excluding carboxylic acids is 1. The molecule has 2 rings (SSSR count). The summed E-state index contributed by atoms with van der Waals surface area (Å²) in [6.45, 7) is 2.77. The number of amides is 1. The van der Waals surface area contributed by atoms with Gasteiger partial charge in [0.25, 0.3) is 26.1 Å². The van der Waals surface area contributed by atoms with Crippen molar-refractivity contribution in [1.82, 2.24) is 4.90 Å². The second kappa shape index (κ2) is 7.90. The van der Waals surface area contributed by atoms with E-state index in [2.05, 4.69) is 10.2 Å². The van der Waals surface area contributed by atoms with Gasteiger partial charge in [0.2, 0.25) is 5.88 Å². The van der Waals surface area contributed by atoms with Gasteiger partial charge in [0.05, 0.1) is 5.41 Å². The first-order chi connectivity index (χ1) is 13.3. The van der Waals surface area contributed by atoms with E-state index in [1.54, 1.807) is 0 Å². The van der Waals surface area contributed by atoms with Gasteiger partial charge in [0, 0.05) is 23.7 Å². The van der Waals surface area contributed by atoms with E-state index in [1.165, 1.54) is 19.9 Å². The Morgan fingerprint density at radius 3 is 2.34 bits per heavy atom. The van der Waals surface area contributed by atoms with E-state index >= 15 is 0 Å². The predicted octanol–water partition coefficient (Wildman–Crippen LogP) is 1.60. The highest BCUT2D eigenvalue weighted by molar-refractivity contribution is 7.88. The number of benzene rings is 1.